The van der Waals surface area contributed by atoms with Crippen LogP contribution < -0.4 is 0 Å². The minimum atomic E-state index is -5.14. The quantitative estimate of drug-likeness (QED) is 0.175. The molecule has 1 N–H and O–H groups in total. The topological polar surface area (TPSA) is 101 Å². The van der Waals surface area contributed by atoms with Crippen LogP contribution in [0.3, 0.4) is 0 Å². The lowest BCUT2D eigenvalue weighted by Gasteiger charge is -2.22. The van der Waals surface area contributed by atoms with Crippen LogP contribution in [-0.4, -0.2) is 60.9 Å². The number of halogens is 6. The number of hydrogen-bond donors (Lipinski definition) is 1. The Morgan fingerprint density at radius 1 is 1.23 bits per heavy atom. The fourth-order valence-electron chi connectivity index (χ4n) is 2.30. The first-order valence-corrected chi connectivity index (χ1v) is 13.2. The molecule has 170 valence electrons. The molecule has 30 heavy (non-hydrogen) atoms. The van der Waals surface area contributed by atoms with Crippen LogP contribution in [0.5, 0.6) is 0 Å². The molecule has 1 rings (SSSR count). The van der Waals surface area contributed by atoms with Gasteiger partial charge in [-0.1, -0.05) is 0 Å². The van der Waals surface area contributed by atoms with Crippen LogP contribution in [0.2, 0.25) is 0 Å². The van der Waals surface area contributed by atoms with Gasteiger partial charge in [0.15, 0.2) is 0 Å². The Kier molecular flexibility index (Phi) is 11.0. The van der Waals surface area contributed by atoms with E-state index in [4.69, 9.17) is 4.55 Å². The molecule has 1 amide bonds. The molecule has 0 spiro atoms. The molecule has 0 saturated carbocycles. The molecule has 0 saturated heterocycles. The summed E-state index contributed by atoms with van der Waals surface area (Å²) in [7, 11) is -5.00. The van der Waals surface area contributed by atoms with Crippen molar-refractivity contribution in [2.45, 2.75) is 32.0 Å². The second-order valence-electron chi connectivity index (χ2n) is 6.01. The number of carbonyl (C=O) groups excluding carboxylic acids is 2. The van der Waals surface area contributed by atoms with Gasteiger partial charge in [-0.25, -0.2) is 0 Å². The number of esters is 1. The largest absolute Gasteiger partial charge is 0.451 e. The number of nitrogens with zero attached hydrogens (tertiary/aromatic N) is 1. The standard InChI is InChI=1S/C16H17F3I3NO6S/c1-2-23(15(25)10-6-9(20)7-11(21)14(10)22)5-3-4-13(24)29-12(16(17,18)19)8-30(26,27)28/h6-7,12H,2-5,8H2,1H3,(H,26,27,28). The van der Waals surface area contributed by atoms with Crippen molar-refractivity contribution in [3.8, 4) is 0 Å². The molecule has 0 fully saturated rings. The third-order valence-corrected chi connectivity index (χ3v) is 8.09. The summed E-state index contributed by atoms with van der Waals surface area (Å²) in [5.41, 5.74) is 0.488. The Labute approximate surface area is 212 Å². The van der Waals surface area contributed by atoms with Crippen molar-refractivity contribution in [2.24, 2.45) is 0 Å². The fraction of sp³-hybridized carbons (Fsp3) is 0.500. The molecule has 0 aromatic heterocycles. The Morgan fingerprint density at radius 2 is 1.83 bits per heavy atom. The number of hydrogen-bond acceptors (Lipinski definition) is 5. The first-order chi connectivity index (χ1) is 13.7. The first-order valence-electron chi connectivity index (χ1n) is 8.30. The third kappa shape index (κ3) is 9.27. The summed E-state index contributed by atoms with van der Waals surface area (Å²) in [6, 6.07) is 3.64. The van der Waals surface area contributed by atoms with Crippen LogP contribution >= 0.6 is 67.8 Å². The maximum Gasteiger partial charge on any atom is 0.426 e. The molecule has 0 aliphatic carbocycles. The Balaban J connectivity index is 2.74. The van der Waals surface area contributed by atoms with Crippen molar-refractivity contribution in [1.29, 1.82) is 0 Å². The van der Waals surface area contributed by atoms with E-state index in [9.17, 15) is 31.2 Å². The molecule has 7 nitrogen and oxygen atoms in total. The lowest BCUT2D eigenvalue weighted by atomic mass is 10.2. The predicted octanol–water partition coefficient (Wildman–Crippen LogP) is 4.10. The highest BCUT2D eigenvalue weighted by Crippen LogP contribution is 2.25. The molecule has 1 atom stereocenters. The molecule has 14 heteroatoms. The minimum absolute atomic E-state index is 0.0203. The van der Waals surface area contributed by atoms with Gasteiger partial charge in [0.1, 0.15) is 5.75 Å². The lowest BCUT2D eigenvalue weighted by Crippen LogP contribution is -2.39. The fourth-order valence-corrected chi connectivity index (χ4v) is 5.33. The summed E-state index contributed by atoms with van der Waals surface area (Å²) in [6.07, 6.45) is -8.54. The van der Waals surface area contributed by atoms with E-state index in [2.05, 4.69) is 72.5 Å². The highest BCUT2D eigenvalue weighted by atomic mass is 127. The molecular formula is C16H17F3I3NO6S. The predicted molar refractivity (Wildman–Crippen MR) is 128 cm³/mol. The Morgan fingerprint density at radius 3 is 2.33 bits per heavy atom. The van der Waals surface area contributed by atoms with Gasteiger partial charge in [0.2, 0.25) is 6.10 Å². The van der Waals surface area contributed by atoms with Gasteiger partial charge in [0, 0.05) is 30.2 Å². The van der Waals surface area contributed by atoms with Crippen molar-refractivity contribution in [1.82, 2.24) is 4.90 Å². The molecule has 1 aromatic rings. The number of benzene rings is 1. The second-order valence-corrected chi connectivity index (χ2v) is 11.0. The molecule has 0 aliphatic heterocycles. The zero-order chi connectivity index (χ0) is 23.3. The third-order valence-electron chi connectivity index (χ3n) is 3.70. The Hall–Kier alpha value is 0.0500. The normalized spacial score (nSPS) is 13.1. The van der Waals surface area contributed by atoms with Gasteiger partial charge in [-0.3, -0.25) is 14.1 Å². The maximum atomic E-state index is 12.8. The summed E-state index contributed by atoms with van der Waals surface area (Å²) in [5, 5.41) is 0. The zero-order valence-corrected chi connectivity index (χ0v) is 22.7. The van der Waals surface area contributed by atoms with Gasteiger partial charge in [-0.2, -0.15) is 21.6 Å². The van der Waals surface area contributed by atoms with Gasteiger partial charge in [0.05, 0.1) is 5.56 Å². The summed E-state index contributed by atoms with van der Waals surface area (Å²) in [6.45, 7) is 2.14. The lowest BCUT2D eigenvalue weighted by molar-refractivity contribution is -0.215. The average Bonchev–Trinajstić information content (AvgIpc) is 2.58. The molecule has 1 aromatic carbocycles. The van der Waals surface area contributed by atoms with Crippen LogP contribution in [0, 0.1) is 10.7 Å². The van der Waals surface area contributed by atoms with Gasteiger partial charge in [0.25, 0.3) is 16.0 Å². The molecule has 0 bridgehead atoms. The van der Waals surface area contributed by atoms with E-state index in [0.29, 0.717) is 12.1 Å². The van der Waals surface area contributed by atoms with Gasteiger partial charge >= 0.3 is 12.1 Å². The van der Waals surface area contributed by atoms with E-state index >= 15 is 0 Å². The summed E-state index contributed by atoms with van der Waals surface area (Å²) in [4.78, 5) is 26.0. The van der Waals surface area contributed by atoms with E-state index < -0.39 is 40.5 Å². The Bertz CT molecular complexity index is 895. The second kappa shape index (κ2) is 11.8. The van der Waals surface area contributed by atoms with Crippen LogP contribution in [-0.2, 0) is 19.6 Å². The number of amides is 1. The van der Waals surface area contributed by atoms with E-state index in [-0.39, 0.29) is 18.9 Å². The van der Waals surface area contributed by atoms with Crippen molar-refractivity contribution in [2.75, 3.05) is 18.8 Å². The van der Waals surface area contributed by atoms with E-state index in [1.54, 1.807) is 13.0 Å². The first kappa shape index (κ1) is 28.1. The monoisotopic (exact) mass is 789 g/mol. The van der Waals surface area contributed by atoms with Gasteiger partial charge < -0.3 is 9.64 Å². The maximum absolute atomic E-state index is 12.8. The van der Waals surface area contributed by atoms with Gasteiger partial charge in [-0.05, 0) is 93.2 Å². The number of alkyl halides is 3. The van der Waals surface area contributed by atoms with Crippen LogP contribution in [0.15, 0.2) is 12.1 Å². The summed E-state index contributed by atoms with van der Waals surface area (Å²) in [5.74, 6) is -3.32. The molecule has 0 radical (unpaired) electrons. The van der Waals surface area contributed by atoms with Crippen LogP contribution in [0.25, 0.3) is 0 Å². The van der Waals surface area contributed by atoms with Crippen molar-refractivity contribution >= 4 is 89.8 Å². The highest BCUT2D eigenvalue weighted by Gasteiger charge is 2.45. The van der Waals surface area contributed by atoms with E-state index in [0.717, 1.165) is 10.7 Å². The van der Waals surface area contributed by atoms with Crippen LogP contribution in [0.1, 0.15) is 30.1 Å². The molecule has 0 heterocycles. The molecule has 1 unspecified atom stereocenters. The summed E-state index contributed by atoms with van der Waals surface area (Å²) < 4.78 is 75.2. The smallest absolute Gasteiger partial charge is 0.426 e. The van der Waals surface area contributed by atoms with E-state index in [1.165, 1.54) is 4.90 Å². The van der Waals surface area contributed by atoms with Crippen molar-refractivity contribution in [3.63, 3.8) is 0 Å². The van der Waals surface area contributed by atoms with Crippen LogP contribution in [0.4, 0.5) is 13.2 Å². The zero-order valence-electron chi connectivity index (χ0n) is 15.4. The van der Waals surface area contributed by atoms with E-state index in [1.807, 2.05) is 6.07 Å². The highest BCUT2D eigenvalue weighted by molar-refractivity contribution is 14.1. The number of ether oxygens (including phenoxy) is 1. The molecular weight excluding hydrogens is 772 g/mol. The van der Waals surface area contributed by atoms with Crippen molar-refractivity contribution in [3.05, 3.63) is 28.4 Å². The minimum Gasteiger partial charge on any atom is -0.451 e. The van der Waals surface area contributed by atoms with Crippen molar-refractivity contribution < 1.29 is 40.5 Å². The number of rotatable bonds is 9. The van der Waals surface area contributed by atoms with Gasteiger partial charge in [-0.15, -0.1) is 0 Å². The SMILES string of the molecule is CCN(CCCC(=O)OC(CS(=O)(=O)O)C(F)(F)F)C(=O)c1cc(I)cc(I)c1I. The average molecular weight is 789 g/mol. The summed E-state index contributed by atoms with van der Waals surface area (Å²) >= 11 is 6.26. The number of carbonyl (C=O) groups is 2. The molecule has 0 aliphatic rings.